The Morgan fingerprint density at radius 1 is 1.00 bits per heavy atom. The van der Waals surface area contributed by atoms with Crippen molar-refractivity contribution >= 4 is 22.2 Å². The van der Waals surface area contributed by atoms with Crippen LogP contribution in [0.3, 0.4) is 0 Å². The van der Waals surface area contributed by atoms with Gasteiger partial charge >= 0.3 is 0 Å². The van der Waals surface area contributed by atoms with Crippen LogP contribution in [-0.4, -0.2) is 18.2 Å². The highest BCUT2D eigenvalue weighted by Crippen LogP contribution is 2.27. The van der Waals surface area contributed by atoms with Gasteiger partial charge in [0.25, 0.3) is 10.1 Å². The van der Waals surface area contributed by atoms with Gasteiger partial charge in [-0.1, -0.05) is 29.3 Å². The van der Waals surface area contributed by atoms with Crippen molar-refractivity contribution in [2.24, 2.45) is 0 Å². The summed E-state index contributed by atoms with van der Waals surface area (Å²) in [5.74, 6) is 0. The van der Waals surface area contributed by atoms with Crippen LogP contribution in [0.4, 0.5) is 0 Å². The van der Waals surface area contributed by atoms with Gasteiger partial charge in [0.05, 0.1) is 16.9 Å². The first-order valence-electron chi connectivity index (χ1n) is 7.12. The van der Waals surface area contributed by atoms with Crippen LogP contribution in [-0.2, 0) is 32.3 Å². The van der Waals surface area contributed by atoms with Gasteiger partial charge in [-0.15, -0.1) is 4.33 Å². The van der Waals surface area contributed by atoms with Crippen LogP contribution in [0, 0.1) is 13.8 Å². The predicted octanol–water partition coefficient (Wildman–Crippen LogP) is 3.76. The smallest absolute Gasteiger partial charge is 0.282 e. The van der Waals surface area contributed by atoms with E-state index in [1.54, 1.807) is 19.1 Å². The quantitative estimate of drug-likeness (QED) is 0.332. The van der Waals surface area contributed by atoms with E-state index >= 15 is 0 Å². The van der Waals surface area contributed by atoms with Crippen LogP contribution >= 0.6 is 12.0 Å². The highest BCUT2D eigenvalue weighted by Gasteiger charge is 2.16. The molecule has 0 heterocycles. The first-order valence-corrected chi connectivity index (χ1v) is 9.30. The Kier molecular flexibility index (Phi) is 6.39. The van der Waals surface area contributed by atoms with Crippen molar-refractivity contribution < 1.29 is 27.6 Å². The first-order chi connectivity index (χ1) is 11.3. The molecule has 2 aromatic carbocycles. The summed E-state index contributed by atoms with van der Waals surface area (Å²) in [6, 6.07) is 10.7. The number of hydrogen-bond donors (Lipinski definition) is 2. The predicted molar refractivity (Wildman–Crippen MR) is 90.2 cm³/mol. The van der Waals surface area contributed by atoms with E-state index in [-0.39, 0.29) is 4.90 Å². The van der Waals surface area contributed by atoms with Gasteiger partial charge in [0.2, 0.25) is 0 Å². The van der Waals surface area contributed by atoms with E-state index in [1.165, 1.54) is 6.07 Å². The average Bonchev–Trinajstić information content (AvgIpc) is 2.52. The molecule has 0 aromatic heterocycles. The Labute approximate surface area is 145 Å². The molecule has 0 radical (unpaired) electrons. The fourth-order valence-electron chi connectivity index (χ4n) is 2.38. The molecule has 0 saturated carbocycles. The summed E-state index contributed by atoms with van der Waals surface area (Å²) in [7, 11) is -4.27. The van der Waals surface area contributed by atoms with E-state index in [1.807, 2.05) is 25.1 Å². The summed E-state index contributed by atoms with van der Waals surface area (Å²) in [4.78, 5) is 0.684. The Balaban J connectivity index is 2.26. The summed E-state index contributed by atoms with van der Waals surface area (Å²) < 4.78 is 37.0. The standard InChI is InChI=1S/C16H18O6S2/c1-11-3-5-13(15(9-11)23-22-21-17)7-8-14-6-4-12(2)10-16(14)24(18,19)20/h3-6,9-10,17H,7-8H2,1-2H3,(H,18,19,20). The van der Waals surface area contributed by atoms with Crippen molar-refractivity contribution in [2.45, 2.75) is 36.5 Å². The van der Waals surface area contributed by atoms with Crippen molar-refractivity contribution in [3.8, 4) is 0 Å². The molecule has 2 N–H and O–H groups in total. The fourth-order valence-corrected chi connectivity index (χ4v) is 3.83. The van der Waals surface area contributed by atoms with Gasteiger partial charge in [0.1, 0.15) is 0 Å². The Bertz CT molecular complexity index is 817. The number of aryl methyl sites for hydroxylation is 4. The molecule has 6 nitrogen and oxygen atoms in total. The average molecular weight is 370 g/mol. The molecule has 2 rings (SSSR count). The third kappa shape index (κ3) is 5.04. The molecular weight excluding hydrogens is 352 g/mol. The SMILES string of the molecule is Cc1ccc(CCc2ccc(C)cc2S(=O)(=O)O)c(SOOO)c1. The Morgan fingerprint density at radius 3 is 2.21 bits per heavy atom. The number of hydrogen-bond acceptors (Lipinski definition) is 6. The Morgan fingerprint density at radius 2 is 1.58 bits per heavy atom. The summed E-state index contributed by atoms with van der Waals surface area (Å²) in [6.07, 6.45) is 0.953. The summed E-state index contributed by atoms with van der Waals surface area (Å²) in [5, 5.41) is 11.9. The first kappa shape index (κ1) is 18.9. The summed E-state index contributed by atoms with van der Waals surface area (Å²) in [5.41, 5.74) is 3.21. The van der Waals surface area contributed by atoms with E-state index < -0.39 is 10.1 Å². The van der Waals surface area contributed by atoms with Crippen LogP contribution in [0.5, 0.6) is 0 Å². The molecule has 0 bridgehead atoms. The van der Waals surface area contributed by atoms with Gasteiger partial charge in [-0.05, 0) is 61.1 Å². The molecule has 24 heavy (non-hydrogen) atoms. The number of benzene rings is 2. The molecule has 0 fully saturated rings. The summed E-state index contributed by atoms with van der Waals surface area (Å²) >= 11 is 0.869. The van der Waals surface area contributed by atoms with Crippen LogP contribution in [0.25, 0.3) is 0 Å². The van der Waals surface area contributed by atoms with E-state index in [9.17, 15) is 13.0 Å². The van der Waals surface area contributed by atoms with Crippen LogP contribution in [0.1, 0.15) is 22.3 Å². The topological polar surface area (TPSA) is 93.1 Å². The maximum Gasteiger partial charge on any atom is 0.294 e. The molecule has 0 aliphatic carbocycles. The minimum absolute atomic E-state index is 0.0706. The van der Waals surface area contributed by atoms with Gasteiger partial charge < -0.3 is 0 Å². The second-order valence-electron chi connectivity index (χ2n) is 5.42. The molecule has 2 aromatic rings. The van der Waals surface area contributed by atoms with Gasteiger partial charge in [-0.3, -0.25) is 4.55 Å². The molecule has 130 valence electrons. The third-order valence-electron chi connectivity index (χ3n) is 3.54. The van der Waals surface area contributed by atoms with Crippen molar-refractivity contribution in [3.63, 3.8) is 0 Å². The third-order valence-corrected chi connectivity index (χ3v) is 5.17. The molecule has 0 amide bonds. The van der Waals surface area contributed by atoms with Crippen LogP contribution in [0.15, 0.2) is 46.2 Å². The lowest BCUT2D eigenvalue weighted by Crippen LogP contribution is -2.05. The maximum atomic E-state index is 11.6. The second kappa shape index (κ2) is 8.11. The molecule has 0 saturated heterocycles. The van der Waals surface area contributed by atoms with E-state index in [2.05, 4.69) is 9.37 Å². The van der Waals surface area contributed by atoms with Crippen LogP contribution in [0.2, 0.25) is 0 Å². The van der Waals surface area contributed by atoms with Crippen LogP contribution < -0.4 is 0 Å². The lowest BCUT2D eigenvalue weighted by Gasteiger charge is -2.11. The minimum atomic E-state index is -4.27. The highest BCUT2D eigenvalue weighted by atomic mass is 32.2. The van der Waals surface area contributed by atoms with E-state index in [0.717, 1.165) is 33.6 Å². The second-order valence-corrected chi connectivity index (χ2v) is 7.56. The van der Waals surface area contributed by atoms with Crippen molar-refractivity contribution in [1.82, 2.24) is 0 Å². The van der Waals surface area contributed by atoms with Gasteiger partial charge in [-0.25, -0.2) is 5.26 Å². The van der Waals surface area contributed by atoms with Crippen molar-refractivity contribution in [2.75, 3.05) is 0 Å². The van der Waals surface area contributed by atoms with Gasteiger partial charge in [0, 0.05) is 4.90 Å². The van der Waals surface area contributed by atoms with Gasteiger partial charge in [0.15, 0.2) is 0 Å². The molecule has 8 heteroatoms. The summed E-state index contributed by atoms with van der Waals surface area (Å²) in [6.45, 7) is 3.68. The lowest BCUT2D eigenvalue weighted by molar-refractivity contribution is -0.432. The molecule has 0 atom stereocenters. The van der Waals surface area contributed by atoms with Crippen molar-refractivity contribution in [3.05, 3.63) is 58.7 Å². The maximum absolute atomic E-state index is 11.6. The molecule has 0 aliphatic heterocycles. The molecule has 0 aliphatic rings. The zero-order valence-electron chi connectivity index (χ0n) is 13.2. The monoisotopic (exact) mass is 370 g/mol. The normalized spacial score (nSPS) is 11.7. The minimum Gasteiger partial charge on any atom is -0.282 e. The fraction of sp³-hybridized carbons (Fsp3) is 0.250. The zero-order chi connectivity index (χ0) is 17.7. The molecule has 0 unspecified atom stereocenters. The largest absolute Gasteiger partial charge is 0.294 e. The zero-order valence-corrected chi connectivity index (χ0v) is 14.9. The van der Waals surface area contributed by atoms with Crippen molar-refractivity contribution in [1.29, 1.82) is 0 Å². The van der Waals surface area contributed by atoms with Gasteiger partial charge in [-0.2, -0.15) is 8.42 Å². The highest BCUT2D eigenvalue weighted by molar-refractivity contribution is 7.94. The molecule has 0 spiro atoms. The van der Waals surface area contributed by atoms with E-state index in [0.29, 0.717) is 18.4 Å². The Hall–Kier alpha value is -1.42. The van der Waals surface area contributed by atoms with E-state index in [4.69, 9.17) is 5.26 Å². The number of rotatable bonds is 7. The molecular formula is C16H18O6S2. The lowest BCUT2D eigenvalue weighted by atomic mass is 10.0.